The van der Waals surface area contributed by atoms with Gasteiger partial charge < -0.3 is 4.74 Å². The van der Waals surface area contributed by atoms with Gasteiger partial charge in [0.15, 0.2) is 0 Å². The highest BCUT2D eigenvalue weighted by Gasteiger charge is 2.25. The van der Waals surface area contributed by atoms with Crippen LogP contribution in [0.1, 0.15) is 27.7 Å². The van der Waals surface area contributed by atoms with Crippen molar-refractivity contribution < 1.29 is 14.3 Å². The van der Waals surface area contributed by atoms with Crippen LogP contribution in [0.25, 0.3) is 0 Å². The van der Waals surface area contributed by atoms with Crippen LogP contribution in [0, 0.1) is 0 Å². The highest BCUT2D eigenvalue weighted by Crippen LogP contribution is 2.11. The maximum Gasteiger partial charge on any atom is 0.417 e. The molecule has 0 fully saturated rings. The summed E-state index contributed by atoms with van der Waals surface area (Å²) in [6, 6.07) is 0. The van der Waals surface area contributed by atoms with E-state index in [0.717, 1.165) is 11.0 Å². The molecule has 0 aromatic rings. The molecule has 4 heteroatoms. The van der Waals surface area contributed by atoms with E-state index in [0.29, 0.717) is 5.57 Å². The summed E-state index contributed by atoms with van der Waals surface area (Å²) in [4.78, 5) is 24.1. The van der Waals surface area contributed by atoms with Crippen LogP contribution >= 0.6 is 0 Å². The zero-order valence-electron chi connectivity index (χ0n) is 10.4. The molecule has 0 rings (SSSR count). The summed E-state index contributed by atoms with van der Waals surface area (Å²) in [6.07, 6.45) is 0.396. The monoisotopic (exact) mass is 225 g/mol. The minimum Gasteiger partial charge on any atom is -0.443 e. The van der Waals surface area contributed by atoms with Gasteiger partial charge in [0, 0.05) is 0 Å². The van der Waals surface area contributed by atoms with Crippen molar-refractivity contribution in [1.29, 1.82) is 0 Å². The van der Waals surface area contributed by atoms with Crippen molar-refractivity contribution in [3.05, 3.63) is 24.8 Å². The molecular formula is C12H19NO3. The molecule has 0 atom stereocenters. The van der Waals surface area contributed by atoms with Gasteiger partial charge in [-0.2, -0.15) is 0 Å². The third-order valence-corrected chi connectivity index (χ3v) is 1.48. The van der Waals surface area contributed by atoms with Gasteiger partial charge in [0.1, 0.15) is 5.60 Å². The molecule has 0 radical (unpaired) electrons. The first-order valence-corrected chi connectivity index (χ1v) is 4.98. The molecule has 0 aliphatic carbocycles. The normalized spacial score (nSPS) is 10.5. The van der Waals surface area contributed by atoms with Crippen LogP contribution < -0.4 is 0 Å². The van der Waals surface area contributed by atoms with E-state index in [1.165, 1.54) is 0 Å². The molecular weight excluding hydrogens is 206 g/mol. The molecule has 0 aromatic heterocycles. The van der Waals surface area contributed by atoms with Crippen molar-refractivity contribution in [2.75, 3.05) is 6.54 Å². The Labute approximate surface area is 96.6 Å². The molecule has 0 spiro atoms. The quantitative estimate of drug-likeness (QED) is 0.547. The molecule has 0 saturated heterocycles. The van der Waals surface area contributed by atoms with Gasteiger partial charge in [0.2, 0.25) is 0 Å². The fourth-order valence-corrected chi connectivity index (χ4v) is 0.930. The van der Waals surface area contributed by atoms with Crippen molar-refractivity contribution >= 4 is 12.0 Å². The summed E-state index contributed by atoms with van der Waals surface area (Å²) in [6.45, 7) is 14.1. The summed E-state index contributed by atoms with van der Waals surface area (Å²) >= 11 is 0. The van der Waals surface area contributed by atoms with E-state index in [-0.39, 0.29) is 6.54 Å². The number of amides is 2. The minimum absolute atomic E-state index is 0.139. The number of hydrogen-bond acceptors (Lipinski definition) is 3. The lowest BCUT2D eigenvalue weighted by molar-refractivity contribution is -0.124. The van der Waals surface area contributed by atoms with E-state index in [1.54, 1.807) is 27.7 Å². The second kappa shape index (κ2) is 5.49. The van der Waals surface area contributed by atoms with Gasteiger partial charge >= 0.3 is 6.09 Å². The summed E-state index contributed by atoms with van der Waals surface area (Å²) in [7, 11) is 0. The molecule has 0 aromatic carbocycles. The molecule has 0 aliphatic heterocycles. The molecule has 0 saturated carbocycles. The Bertz CT molecular complexity index is 313. The van der Waals surface area contributed by atoms with Crippen LogP contribution in [0.5, 0.6) is 0 Å². The van der Waals surface area contributed by atoms with Crippen molar-refractivity contribution in [2.24, 2.45) is 0 Å². The van der Waals surface area contributed by atoms with Gasteiger partial charge in [-0.25, -0.2) is 9.69 Å². The predicted molar refractivity (Wildman–Crippen MR) is 63.0 cm³/mol. The predicted octanol–water partition coefficient (Wildman–Crippen LogP) is 2.51. The average molecular weight is 225 g/mol. The van der Waals surface area contributed by atoms with Crippen LogP contribution in [-0.4, -0.2) is 29.0 Å². The van der Waals surface area contributed by atoms with Gasteiger partial charge in [0.05, 0.1) is 6.54 Å². The summed E-state index contributed by atoms with van der Waals surface area (Å²) in [5, 5.41) is 0. The largest absolute Gasteiger partial charge is 0.443 e. The number of rotatable bonds is 3. The van der Waals surface area contributed by atoms with Crippen molar-refractivity contribution in [3.8, 4) is 0 Å². The van der Waals surface area contributed by atoms with Crippen LogP contribution in [0.15, 0.2) is 24.8 Å². The first kappa shape index (κ1) is 14.4. The number of carbonyl (C=O) groups excluding carboxylic acids is 2. The molecule has 0 N–H and O–H groups in total. The van der Waals surface area contributed by atoms with Gasteiger partial charge in [-0.05, 0) is 33.8 Å². The Morgan fingerprint density at radius 3 is 2.19 bits per heavy atom. The summed E-state index contributed by atoms with van der Waals surface area (Å²) in [5.41, 5.74) is 0.0623. The Balaban J connectivity index is 4.76. The third kappa shape index (κ3) is 5.34. The number of ether oxygens (including phenoxy) is 1. The van der Waals surface area contributed by atoms with Crippen molar-refractivity contribution in [3.63, 3.8) is 0 Å². The van der Waals surface area contributed by atoms with E-state index < -0.39 is 17.6 Å². The van der Waals surface area contributed by atoms with E-state index in [9.17, 15) is 9.59 Å². The van der Waals surface area contributed by atoms with Crippen molar-refractivity contribution in [1.82, 2.24) is 4.90 Å². The number of carbonyl (C=O) groups is 2. The highest BCUT2D eigenvalue weighted by atomic mass is 16.6. The fourth-order valence-electron chi connectivity index (χ4n) is 0.930. The Morgan fingerprint density at radius 1 is 1.38 bits per heavy atom. The third-order valence-electron chi connectivity index (χ3n) is 1.48. The molecule has 90 valence electrons. The standard InChI is InChI=1S/C12H19NO3/c1-7-10(14)13(8-9(2)3)11(15)16-12(4,5)6/h7H,1-2,8H2,3-6H3. The molecule has 0 heterocycles. The molecule has 16 heavy (non-hydrogen) atoms. The van der Waals surface area contributed by atoms with Crippen LogP contribution in [0.3, 0.4) is 0 Å². The maximum absolute atomic E-state index is 11.7. The van der Waals surface area contributed by atoms with Crippen LogP contribution in [0.2, 0.25) is 0 Å². The SMILES string of the molecule is C=CC(=O)N(CC(=C)C)C(=O)OC(C)(C)C. The van der Waals surface area contributed by atoms with Gasteiger partial charge in [-0.15, -0.1) is 0 Å². The maximum atomic E-state index is 11.7. The summed E-state index contributed by atoms with van der Waals surface area (Å²) in [5.74, 6) is -0.489. The zero-order chi connectivity index (χ0) is 12.9. The second-order valence-corrected chi connectivity index (χ2v) is 4.57. The topological polar surface area (TPSA) is 46.6 Å². The van der Waals surface area contributed by atoms with E-state index in [2.05, 4.69) is 13.2 Å². The average Bonchev–Trinajstić information content (AvgIpc) is 2.09. The van der Waals surface area contributed by atoms with E-state index >= 15 is 0 Å². The molecule has 2 amide bonds. The lowest BCUT2D eigenvalue weighted by atomic mass is 10.2. The Kier molecular flexibility index (Phi) is 4.95. The van der Waals surface area contributed by atoms with Gasteiger partial charge in [-0.1, -0.05) is 18.7 Å². The lowest BCUT2D eigenvalue weighted by Gasteiger charge is -2.25. The molecule has 0 unspecified atom stereocenters. The zero-order valence-corrected chi connectivity index (χ0v) is 10.4. The van der Waals surface area contributed by atoms with Gasteiger partial charge in [-0.3, -0.25) is 4.79 Å². The van der Waals surface area contributed by atoms with Crippen LogP contribution in [0.4, 0.5) is 4.79 Å². The number of imide groups is 1. The first-order chi connectivity index (χ1) is 7.17. The van der Waals surface area contributed by atoms with E-state index in [1.807, 2.05) is 0 Å². The van der Waals surface area contributed by atoms with Gasteiger partial charge in [0.25, 0.3) is 5.91 Å². The van der Waals surface area contributed by atoms with E-state index in [4.69, 9.17) is 4.74 Å². The minimum atomic E-state index is -0.680. The Hall–Kier alpha value is -1.58. The molecule has 0 aliphatic rings. The Morgan fingerprint density at radius 2 is 1.88 bits per heavy atom. The lowest BCUT2D eigenvalue weighted by Crippen LogP contribution is -2.40. The smallest absolute Gasteiger partial charge is 0.417 e. The second-order valence-electron chi connectivity index (χ2n) is 4.57. The highest BCUT2D eigenvalue weighted by molar-refractivity contribution is 5.98. The number of nitrogens with zero attached hydrogens (tertiary/aromatic N) is 1. The first-order valence-electron chi connectivity index (χ1n) is 4.98. The number of hydrogen-bond donors (Lipinski definition) is 0. The summed E-state index contributed by atoms with van der Waals surface area (Å²) < 4.78 is 5.10. The fraction of sp³-hybridized carbons (Fsp3) is 0.500. The molecule has 0 bridgehead atoms. The van der Waals surface area contributed by atoms with Crippen LogP contribution in [-0.2, 0) is 9.53 Å². The molecule has 4 nitrogen and oxygen atoms in total. The van der Waals surface area contributed by atoms with Crippen molar-refractivity contribution in [2.45, 2.75) is 33.3 Å².